The summed E-state index contributed by atoms with van der Waals surface area (Å²) in [5.74, 6) is 0.172. The van der Waals surface area contributed by atoms with E-state index < -0.39 is 11.7 Å². The van der Waals surface area contributed by atoms with E-state index in [1.165, 1.54) is 13.2 Å². The van der Waals surface area contributed by atoms with Crippen molar-refractivity contribution in [3.05, 3.63) is 11.1 Å². The second-order valence-corrected chi connectivity index (χ2v) is 5.19. The summed E-state index contributed by atoms with van der Waals surface area (Å²) in [5, 5.41) is 12.9. The van der Waals surface area contributed by atoms with Gasteiger partial charge in [-0.3, -0.25) is 4.79 Å². The number of nitrogens with one attached hydrogen (secondary N) is 1. The van der Waals surface area contributed by atoms with E-state index in [9.17, 15) is 14.7 Å². The Morgan fingerprint density at radius 3 is 2.83 bits per heavy atom. The zero-order chi connectivity index (χ0) is 13.2. The second kappa shape index (κ2) is 5.03. The number of rotatable bonds is 2. The number of Topliss-reactive ketones (excluding diaryl/α,β-unsaturated/α-hetero) is 1. The van der Waals surface area contributed by atoms with E-state index in [1.54, 1.807) is 0 Å². The number of ketones is 1. The van der Waals surface area contributed by atoms with Crippen LogP contribution < -0.4 is 10.1 Å². The molecule has 6 nitrogen and oxygen atoms in total. The van der Waals surface area contributed by atoms with Crippen LogP contribution >= 0.6 is 11.3 Å². The minimum absolute atomic E-state index is 0.172. The summed E-state index contributed by atoms with van der Waals surface area (Å²) in [4.78, 5) is 26.8. The zero-order valence-electron chi connectivity index (χ0n) is 9.93. The third-order valence-corrected chi connectivity index (χ3v) is 4.03. The van der Waals surface area contributed by atoms with Crippen LogP contribution in [0.25, 0.3) is 0 Å². The van der Waals surface area contributed by atoms with Gasteiger partial charge >= 0.3 is 6.09 Å². The van der Waals surface area contributed by atoms with E-state index >= 15 is 0 Å². The maximum Gasteiger partial charge on any atom is 0.414 e. The molecule has 1 aliphatic rings. The van der Waals surface area contributed by atoms with Crippen LogP contribution in [0.15, 0.2) is 6.20 Å². The highest BCUT2D eigenvalue weighted by Gasteiger charge is 2.36. The van der Waals surface area contributed by atoms with Crippen molar-refractivity contribution >= 4 is 23.2 Å². The average Bonchev–Trinajstić information content (AvgIpc) is 2.82. The van der Waals surface area contributed by atoms with Gasteiger partial charge < -0.3 is 15.2 Å². The molecule has 0 spiro atoms. The molecule has 0 atom stereocenters. The zero-order valence-corrected chi connectivity index (χ0v) is 10.7. The van der Waals surface area contributed by atoms with Crippen molar-refractivity contribution < 1.29 is 19.4 Å². The van der Waals surface area contributed by atoms with Crippen LogP contribution in [-0.4, -0.2) is 29.0 Å². The molecule has 1 heterocycles. The number of carbonyl (C=O) groups excluding carboxylic acids is 2. The van der Waals surface area contributed by atoms with E-state index in [2.05, 4.69) is 10.3 Å². The van der Waals surface area contributed by atoms with Crippen molar-refractivity contribution in [3.8, 4) is 5.19 Å². The average molecular weight is 270 g/mol. The first-order valence-electron chi connectivity index (χ1n) is 5.63. The first-order chi connectivity index (χ1) is 8.53. The highest BCUT2D eigenvalue weighted by molar-refractivity contribution is 7.13. The van der Waals surface area contributed by atoms with Gasteiger partial charge in [0.05, 0.1) is 4.88 Å². The number of hydrogen-bond acceptors (Lipinski definition) is 6. The Hall–Kier alpha value is -1.47. The SMILES string of the molecule is CNC(=O)Oc1ncc(C2(O)CCC(=O)CC2)s1. The van der Waals surface area contributed by atoms with Crippen LogP contribution in [0.4, 0.5) is 4.79 Å². The van der Waals surface area contributed by atoms with Crippen LogP contribution in [0.5, 0.6) is 5.19 Å². The number of aliphatic hydroxyl groups is 1. The Morgan fingerprint density at radius 1 is 1.56 bits per heavy atom. The Labute approximate surface area is 108 Å². The Morgan fingerprint density at radius 2 is 2.22 bits per heavy atom. The van der Waals surface area contributed by atoms with Gasteiger partial charge in [-0.15, -0.1) is 0 Å². The fourth-order valence-corrected chi connectivity index (χ4v) is 2.75. The number of amides is 1. The molecule has 1 aromatic heterocycles. The Kier molecular flexibility index (Phi) is 3.63. The van der Waals surface area contributed by atoms with E-state index in [0.717, 1.165) is 11.3 Å². The van der Waals surface area contributed by atoms with Crippen LogP contribution in [0.1, 0.15) is 30.6 Å². The topological polar surface area (TPSA) is 88.5 Å². The van der Waals surface area contributed by atoms with Gasteiger partial charge in [-0.25, -0.2) is 9.78 Å². The van der Waals surface area contributed by atoms with Gasteiger partial charge in [0, 0.05) is 26.1 Å². The Bertz CT molecular complexity index is 461. The molecule has 2 N–H and O–H groups in total. The predicted molar refractivity (Wildman–Crippen MR) is 64.6 cm³/mol. The normalized spacial score (nSPS) is 18.4. The number of hydrogen-bond donors (Lipinski definition) is 2. The molecule has 18 heavy (non-hydrogen) atoms. The molecule has 1 aromatic rings. The lowest BCUT2D eigenvalue weighted by Crippen LogP contribution is -2.30. The molecule has 0 aliphatic heterocycles. The van der Waals surface area contributed by atoms with Crippen molar-refractivity contribution in [2.24, 2.45) is 0 Å². The highest BCUT2D eigenvalue weighted by Crippen LogP contribution is 2.39. The number of thiazole rings is 1. The number of nitrogens with zero attached hydrogens (tertiary/aromatic N) is 1. The quantitative estimate of drug-likeness (QED) is 0.842. The summed E-state index contributed by atoms with van der Waals surface area (Å²) in [5.41, 5.74) is -1.02. The lowest BCUT2D eigenvalue weighted by Gasteiger charge is -2.29. The molecule has 1 aliphatic carbocycles. The standard InChI is InChI=1S/C11H14N2O4S/c1-12-9(15)17-10-13-6-8(18-10)11(16)4-2-7(14)3-5-11/h6,16H,2-5H2,1H3,(H,12,15). The van der Waals surface area contributed by atoms with Gasteiger partial charge in [0.1, 0.15) is 11.4 Å². The summed E-state index contributed by atoms with van der Waals surface area (Å²) in [6.45, 7) is 0. The smallest absolute Gasteiger partial charge is 0.384 e. The molecule has 0 aromatic carbocycles. The van der Waals surface area contributed by atoms with E-state index in [0.29, 0.717) is 30.6 Å². The van der Waals surface area contributed by atoms with Gasteiger partial charge in [-0.05, 0) is 12.8 Å². The summed E-state index contributed by atoms with van der Waals surface area (Å²) in [7, 11) is 1.46. The Balaban J connectivity index is 2.09. The summed E-state index contributed by atoms with van der Waals surface area (Å²) >= 11 is 1.13. The molecule has 2 rings (SSSR count). The van der Waals surface area contributed by atoms with Crippen molar-refractivity contribution in [2.75, 3.05) is 7.05 Å². The van der Waals surface area contributed by atoms with Gasteiger partial charge in [0.25, 0.3) is 5.19 Å². The van der Waals surface area contributed by atoms with Crippen LogP contribution in [0, 0.1) is 0 Å². The van der Waals surface area contributed by atoms with Gasteiger partial charge in [0.15, 0.2) is 0 Å². The third kappa shape index (κ3) is 2.68. The maximum atomic E-state index is 11.2. The van der Waals surface area contributed by atoms with Crippen LogP contribution in [0.3, 0.4) is 0 Å². The van der Waals surface area contributed by atoms with Crippen LogP contribution in [0.2, 0.25) is 0 Å². The number of aromatic nitrogens is 1. The molecule has 1 amide bonds. The number of ether oxygens (including phenoxy) is 1. The number of carbonyl (C=O) groups is 2. The second-order valence-electron chi connectivity index (χ2n) is 4.20. The van der Waals surface area contributed by atoms with Gasteiger partial charge in [-0.1, -0.05) is 11.3 Å². The van der Waals surface area contributed by atoms with E-state index in [4.69, 9.17) is 4.74 Å². The minimum atomic E-state index is -1.02. The first kappa shape index (κ1) is 13.0. The molecular weight excluding hydrogens is 256 g/mol. The highest BCUT2D eigenvalue weighted by atomic mass is 32.1. The molecule has 1 saturated carbocycles. The van der Waals surface area contributed by atoms with E-state index in [-0.39, 0.29) is 11.0 Å². The first-order valence-corrected chi connectivity index (χ1v) is 6.45. The van der Waals surface area contributed by atoms with E-state index in [1.807, 2.05) is 0 Å². The predicted octanol–water partition coefficient (Wildman–Crippen LogP) is 1.19. The molecule has 7 heteroatoms. The van der Waals surface area contributed by atoms with Crippen molar-refractivity contribution in [3.63, 3.8) is 0 Å². The third-order valence-electron chi connectivity index (χ3n) is 2.96. The maximum absolute atomic E-state index is 11.2. The molecular formula is C11H14N2O4S. The molecule has 1 fully saturated rings. The molecule has 0 radical (unpaired) electrons. The lowest BCUT2D eigenvalue weighted by atomic mass is 9.83. The van der Waals surface area contributed by atoms with Crippen molar-refractivity contribution in [1.29, 1.82) is 0 Å². The fraction of sp³-hybridized carbons (Fsp3) is 0.545. The largest absolute Gasteiger partial charge is 0.414 e. The van der Waals surface area contributed by atoms with Crippen LogP contribution in [-0.2, 0) is 10.4 Å². The summed E-state index contributed by atoms with van der Waals surface area (Å²) in [6, 6.07) is 0. The lowest BCUT2D eigenvalue weighted by molar-refractivity contribution is -0.125. The van der Waals surface area contributed by atoms with Gasteiger partial charge in [-0.2, -0.15) is 0 Å². The summed E-state index contributed by atoms with van der Waals surface area (Å²) < 4.78 is 4.88. The summed E-state index contributed by atoms with van der Waals surface area (Å²) in [6.07, 6.45) is 2.45. The van der Waals surface area contributed by atoms with Gasteiger partial charge in [0.2, 0.25) is 0 Å². The molecule has 0 saturated heterocycles. The van der Waals surface area contributed by atoms with Crippen molar-refractivity contribution in [2.45, 2.75) is 31.3 Å². The monoisotopic (exact) mass is 270 g/mol. The minimum Gasteiger partial charge on any atom is -0.384 e. The molecule has 98 valence electrons. The fourth-order valence-electron chi connectivity index (χ4n) is 1.84. The molecule has 0 bridgehead atoms. The molecule has 0 unspecified atom stereocenters. The van der Waals surface area contributed by atoms with Crippen molar-refractivity contribution in [1.82, 2.24) is 10.3 Å².